The molecule has 1 aromatic rings. The van der Waals surface area contributed by atoms with Crippen molar-refractivity contribution in [3.63, 3.8) is 0 Å². The van der Waals surface area contributed by atoms with Crippen LogP contribution < -0.4 is 10.6 Å². The highest BCUT2D eigenvalue weighted by molar-refractivity contribution is 5.97. The molecule has 0 aromatic heterocycles. The number of esters is 1. The average molecular weight is 336 g/mol. The molecular formula is C17H21FN2O4. The number of hydrogen-bond acceptors (Lipinski definition) is 4. The molecule has 6 nitrogen and oxygen atoms in total. The largest absolute Gasteiger partial charge is 0.454 e. The summed E-state index contributed by atoms with van der Waals surface area (Å²) in [5.41, 5.74) is 0.237. The Morgan fingerprint density at radius 2 is 1.83 bits per heavy atom. The molecule has 1 fully saturated rings. The number of benzene rings is 1. The van der Waals surface area contributed by atoms with Crippen molar-refractivity contribution in [2.24, 2.45) is 5.92 Å². The van der Waals surface area contributed by atoms with E-state index in [0.29, 0.717) is 0 Å². The molecule has 0 aliphatic heterocycles. The fraction of sp³-hybridized carbons (Fsp3) is 0.471. The van der Waals surface area contributed by atoms with Crippen LogP contribution in [0.2, 0.25) is 0 Å². The Morgan fingerprint density at radius 3 is 2.38 bits per heavy atom. The number of carbonyl (C=O) groups excluding carboxylic acids is 3. The fourth-order valence-corrected chi connectivity index (χ4v) is 2.05. The van der Waals surface area contributed by atoms with Gasteiger partial charge in [0.15, 0.2) is 6.61 Å². The first-order chi connectivity index (χ1) is 11.4. The molecule has 0 bridgehead atoms. The Morgan fingerprint density at radius 1 is 1.21 bits per heavy atom. The molecule has 0 saturated heterocycles. The summed E-state index contributed by atoms with van der Waals surface area (Å²) in [5.74, 6) is -2.21. The van der Waals surface area contributed by atoms with Crippen molar-refractivity contribution in [3.8, 4) is 0 Å². The zero-order chi connectivity index (χ0) is 17.7. The maximum atomic E-state index is 12.9. The highest BCUT2D eigenvalue weighted by Gasteiger charge is 2.28. The van der Waals surface area contributed by atoms with Gasteiger partial charge in [-0.2, -0.15) is 0 Å². The van der Waals surface area contributed by atoms with Gasteiger partial charge in [0.05, 0.1) is 0 Å². The minimum absolute atomic E-state index is 0.190. The summed E-state index contributed by atoms with van der Waals surface area (Å²) in [5, 5.41) is 5.27. The van der Waals surface area contributed by atoms with Crippen LogP contribution in [-0.2, 0) is 14.3 Å². The van der Waals surface area contributed by atoms with Crippen LogP contribution in [0.1, 0.15) is 37.0 Å². The van der Waals surface area contributed by atoms with E-state index in [4.69, 9.17) is 4.74 Å². The summed E-state index contributed by atoms with van der Waals surface area (Å²) in [6.07, 6.45) is 1.89. The summed E-state index contributed by atoms with van der Waals surface area (Å²) in [7, 11) is 0. The van der Waals surface area contributed by atoms with Gasteiger partial charge in [0.1, 0.15) is 11.9 Å². The van der Waals surface area contributed by atoms with Crippen LogP contribution in [-0.4, -0.2) is 36.5 Å². The molecule has 24 heavy (non-hydrogen) atoms. The number of carbonyl (C=O) groups is 3. The van der Waals surface area contributed by atoms with Gasteiger partial charge in [-0.15, -0.1) is 0 Å². The van der Waals surface area contributed by atoms with E-state index in [9.17, 15) is 18.8 Å². The van der Waals surface area contributed by atoms with E-state index in [0.717, 1.165) is 12.8 Å². The fourth-order valence-electron chi connectivity index (χ4n) is 2.05. The molecule has 0 radical (unpaired) electrons. The molecule has 1 aliphatic rings. The van der Waals surface area contributed by atoms with Gasteiger partial charge >= 0.3 is 5.97 Å². The predicted molar refractivity (Wildman–Crippen MR) is 84.6 cm³/mol. The zero-order valence-corrected chi connectivity index (χ0v) is 13.7. The maximum absolute atomic E-state index is 12.9. The first kappa shape index (κ1) is 17.9. The summed E-state index contributed by atoms with van der Waals surface area (Å²) in [4.78, 5) is 35.8. The molecule has 2 N–H and O–H groups in total. The van der Waals surface area contributed by atoms with Gasteiger partial charge in [0.25, 0.3) is 11.8 Å². The van der Waals surface area contributed by atoms with E-state index in [-0.39, 0.29) is 30.0 Å². The van der Waals surface area contributed by atoms with Gasteiger partial charge < -0.3 is 15.4 Å². The lowest BCUT2D eigenvalue weighted by Gasteiger charge is -2.20. The number of ether oxygens (including phenoxy) is 1. The second-order valence-electron chi connectivity index (χ2n) is 6.15. The van der Waals surface area contributed by atoms with E-state index >= 15 is 0 Å². The molecular weight excluding hydrogens is 315 g/mol. The summed E-state index contributed by atoms with van der Waals surface area (Å²) in [6, 6.07) is 4.29. The van der Waals surface area contributed by atoms with Gasteiger partial charge in [0, 0.05) is 11.6 Å². The summed E-state index contributed by atoms with van der Waals surface area (Å²) in [6.45, 7) is 3.13. The summed E-state index contributed by atoms with van der Waals surface area (Å²) >= 11 is 0. The van der Waals surface area contributed by atoms with E-state index < -0.39 is 23.7 Å². The Labute approximate surface area is 139 Å². The Balaban J connectivity index is 1.89. The molecule has 2 rings (SSSR count). The van der Waals surface area contributed by atoms with Gasteiger partial charge in [-0.05, 0) is 43.0 Å². The minimum atomic E-state index is -0.892. The van der Waals surface area contributed by atoms with Crippen molar-refractivity contribution in [1.29, 1.82) is 0 Å². The van der Waals surface area contributed by atoms with Crippen molar-refractivity contribution < 1.29 is 23.5 Å². The van der Waals surface area contributed by atoms with Crippen molar-refractivity contribution in [2.45, 2.75) is 38.8 Å². The van der Waals surface area contributed by atoms with Crippen LogP contribution in [0.15, 0.2) is 24.3 Å². The quantitative estimate of drug-likeness (QED) is 0.737. The SMILES string of the molecule is CC(C)[C@H](NC(=O)c1ccc(F)cc1)C(=O)OCC(=O)NC1CC1. The Hall–Kier alpha value is -2.44. The van der Waals surface area contributed by atoms with Gasteiger partial charge in [-0.25, -0.2) is 9.18 Å². The lowest BCUT2D eigenvalue weighted by molar-refractivity contribution is -0.151. The number of hydrogen-bond donors (Lipinski definition) is 2. The van der Waals surface area contributed by atoms with Crippen LogP contribution >= 0.6 is 0 Å². The second-order valence-corrected chi connectivity index (χ2v) is 6.15. The number of amides is 2. The molecule has 1 aromatic carbocycles. The summed E-state index contributed by atoms with van der Waals surface area (Å²) < 4.78 is 17.9. The zero-order valence-electron chi connectivity index (χ0n) is 13.7. The molecule has 0 spiro atoms. The molecule has 0 heterocycles. The highest BCUT2D eigenvalue weighted by atomic mass is 19.1. The molecule has 130 valence electrons. The van der Waals surface area contributed by atoms with Crippen molar-refractivity contribution in [3.05, 3.63) is 35.6 Å². The Bertz CT molecular complexity index is 612. The molecule has 1 atom stereocenters. The van der Waals surface area contributed by atoms with Crippen LogP contribution in [0.25, 0.3) is 0 Å². The third kappa shape index (κ3) is 5.33. The third-order valence-corrected chi connectivity index (χ3v) is 3.60. The third-order valence-electron chi connectivity index (χ3n) is 3.60. The molecule has 7 heteroatoms. The van der Waals surface area contributed by atoms with E-state index in [1.54, 1.807) is 13.8 Å². The minimum Gasteiger partial charge on any atom is -0.454 e. The maximum Gasteiger partial charge on any atom is 0.329 e. The normalized spacial score (nSPS) is 14.8. The van der Waals surface area contributed by atoms with Crippen LogP contribution in [0.3, 0.4) is 0 Å². The molecule has 1 saturated carbocycles. The first-order valence-electron chi connectivity index (χ1n) is 7.89. The predicted octanol–water partition coefficient (Wildman–Crippen LogP) is 1.40. The number of rotatable bonds is 7. The van der Waals surface area contributed by atoms with Crippen LogP contribution in [0, 0.1) is 11.7 Å². The lowest BCUT2D eigenvalue weighted by atomic mass is 10.0. The molecule has 2 amide bonds. The first-order valence-corrected chi connectivity index (χ1v) is 7.89. The Kier molecular flexibility index (Phi) is 5.89. The second kappa shape index (κ2) is 7.90. The standard InChI is InChI=1S/C17H21FN2O4/c1-10(2)15(17(23)24-9-14(21)19-13-7-8-13)20-16(22)11-3-5-12(18)6-4-11/h3-6,10,13,15H,7-9H2,1-2H3,(H,19,21)(H,20,22)/t15-/m0/s1. The monoisotopic (exact) mass is 336 g/mol. The smallest absolute Gasteiger partial charge is 0.329 e. The number of nitrogens with one attached hydrogen (secondary N) is 2. The van der Waals surface area contributed by atoms with E-state index in [2.05, 4.69) is 10.6 Å². The average Bonchev–Trinajstić information content (AvgIpc) is 3.34. The molecule has 0 unspecified atom stereocenters. The van der Waals surface area contributed by atoms with Crippen molar-refractivity contribution in [1.82, 2.24) is 10.6 Å². The van der Waals surface area contributed by atoms with Crippen LogP contribution in [0.5, 0.6) is 0 Å². The molecule has 1 aliphatic carbocycles. The van der Waals surface area contributed by atoms with Crippen molar-refractivity contribution >= 4 is 17.8 Å². The van der Waals surface area contributed by atoms with Gasteiger partial charge in [0.2, 0.25) is 0 Å². The van der Waals surface area contributed by atoms with Crippen molar-refractivity contribution in [2.75, 3.05) is 6.61 Å². The van der Waals surface area contributed by atoms with E-state index in [1.807, 2.05) is 0 Å². The number of halogens is 1. The van der Waals surface area contributed by atoms with Gasteiger partial charge in [-0.1, -0.05) is 13.8 Å². The topological polar surface area (TPSA) is 84.5 Å². The highest BCUT2D eigenvalue weighted by Crippen LogP contribution is 2.18. The lowest BCUT2D eigenvalue weighted by Crippen LogP contribution is -2.46. The van der Waals surface area contributed by atoms with Gasteiger partial charge in [-0.3, -0.25) is 9.59 Å². The van der Waals surface area contributed by atoms with Crippen LogP contribution in [0.4, 0.5) is 4.39 Å². The van der Waals surface area contributed by atoms with E-state index in [1.165, 1.54) is 24.3 Å².